The smallest absolute Gasteiger partial charge is 0.462 e. The summed E-state index contributed by atoms with van der Waals surface area (Å²) in [5.41, 5.74) is 0. The molecule has 0 bridgehead atoms. The Bertz CT molecular complexity index is 1870. The maximum absolute atomic E-state index is 13.1. The molecule has 19 heteroatoms. The van der Waals surface area contributed by atoms with E-state index in [1.54, 1.807) is 0 Å². The number of carbonyl (C=O) groups excluding carboxylic acids is 4. The summed E-state index contributed by atoms with van der Waals surface area (Å²) in [4.78, 5) is 72.9. The van der Waals surface area contributed by atoms with Crippen LogP contribution in [0.4, 0.5) is 0 Å². The predicted octanol–water partition coefficient (Wildman–Crippen LogP) is 22.6. The molecule has 6 atom stereocenters. The Morgan fingerprint density at radius 3 is 0.792 bits per heavy atom. The number of ether oxygens (including phenoxy) is 4. The van der Waals surface area contributed by atoms with Gasteiger partial charge < -0.3 is 33.8 Å². The van der Waals surface area contributed by atoms with Crippen LogP contribution in [0.3, 0.4) is 0 Å². The highest BCUT2D eigenvalue weighted by molar-refractivity contribution is 7.47. The number of hydrogen-bond donors (Lipinski definition) is 3. The molecule has 17 nitrogen and oxygen atoms in total. The number of aliphatic hydroxyl groups excluding tert-OH is 1. The lowest BCUT2D eigenvalue weighted by atomic mass is 9.99. The lowest BCUT2D eigenvalue weighted by Gasteiger charge is -2.21. The van der Waals surface area contributed by atoms with E-state index in [9.17, 15) is 43.2 Å². The Balaban J connectivity index is 5.28. The Hall–Kier alpha value is -1.94. The molecule has 0 aromatic rings. The summed E-state index contributed by atoms with van der Waals surface area (Å²) in [7, 11) is -9.92. The first kappa shape index (κ1) is 94.1. The van der Waals surface area contributed by atoms with Gasteiger partial charge in [-0.05, 0) is 43.4 Å². The van der Waals surface area contributed by atoms with Gasteiger partial charge in [0.15, 0.2) is 12.2 Å². The van der Waals surface area contributed by atoms with Crippen LogP contribution in [0, 0.1) is 17.8 Å². The summed E-state index contributed by atoms with van der Waals surface area (Å²) in [6.45, 7) is 12.0. The summed E-state index contributed by atoms with van der Waals surface area (Å²) < 4.78 is 68.6. The molecule has 0 aliphatic carbocycles. The summed E-state index contributed by atoms with van der Waals surface area (Å²) in [5, 5.41) is 10.6. The second-order valence-corrected chi connectivity index (χ2v) is 31.8. The zero-order valence-electron chi connectivity index (χ0n) is 62.8. The van der Waals surface area contributed by atoms with Crippen molar-refractivity contribution in [2.24, 2.45) is 17.8 Å². The van der Waals surface area contributed by atoms with Crippen LogP contribution in [0.25, 0.3) is 0 Å². The molecule has 0 radical (unpaired) electrons. The zero-order chi connectivity index (χ0) is 70.9. The molecule has 96 heavy (non-hydrogen) atoms. The van der Waals surface area contributed by atoms with E-state index in [0.717, 1.165) is 108 Å². The van der Waals surface area contributed by atoms with Crippen molar-refractivity contribution >= 4 is 39.5 Å². The number of unbranched alkanes of at least 4 members (excludes halogenated alkanes) is 42. The Labute approximate surface area is 588 Å². The highest BCUT2D eigenvalue weighted by atomic mass is 31.2. The summed E-state index contributed by atoms with van der Waals surface area (Å²) >= 11 is 0. The van der Waals surface area contributed by atoms with Gasteiger partial charge in [-0.15, -0.1) is 0 Å². The van der Waals surface area contributed by atoms with E-state index < -0.39 is 97.5 Å². The first-order chi connectivity index (χ1) is 46.3. The molecule has 0 aliphatic rings. The summed E-state index contributed by atoms with van der Waals surface area (Å²) in [6.07, 6.45) is 53.8. The molecule has 0 aliphatic heterocycles. The van der Waals surface area contributed by atoms with Crippen molar-refractivity contribution in [1.29, 1.82) is 0 Å². The molecule has 0 spiro atoms. The number of esters is 4. The minimum Gasteiger partial charge on any atom is -0.462 e. The van der Waals surface area contributed by atoms with Crippen LogP contribution < -0.4 is 0 Å². The van der Waals surface area contributed by atoms with Gasteiger partial charge in [0.05, 0.1) is 26.4 Å². The van der Waals surface area contributed by atoms with Crippen LogP contribution in [0.15, 0.2) is 0 Å². The van der Waals surface area contributed by atoms with Gasteiger partial charge >= 0.3 is 39.5 Å². The van der Waals surface area contributed by atoms with E-state index in [-0.39, 0.29) is 25.7 Å². The summed E-state index contributed by atoms with van der Waals surface area (Å²) in [5.74, 6) is 0.237. The lowest BCUT2D eigenvalue weighted by Crippen LogP contribution is -2.30. The van der Waals surface area contributed by atoms with Crippen molar-refractivity contribution in [3.63, 3.8) is 0 Å². The number of rotatable bonds is 75. The molecule has 0 amide bonds. The fourth-order valence-corrected chi connectivity index (χ4v) is 13.3. The van der Waals surface area contributed by atoms with Crippen LogP contribution >= 0.6 is 15.6 Å². The van der Waals surface area contributed by atoms with Crippen LogP contribution in [0.5, 0.6) is 0 Å². The second-order valence-electron chi connectivity index (χ2n) is 28.9. The SMILES string of the molecule is CCCCCCCCCCCCCCCC(=O)OC[C@H](COP(=O)(O)OC[C@H](O)COP(=O)(O)OC[C@@H](COC(=O)CCCCCCCCCCCCCC(C)C)OC(=O)CCCCCCCCCCCCCCC(C)C)OC(=O)CCCCCCCCCCCCC(C)CC. The van der Waals surface area contributed by atoms with Gasteiger partial charge in [0.1, 0.15) is 19.3 Å². The predicted molar refractivity (Wildman–Crippen MR) is 391 cm³/mol. The first-order valence-electron chi connectivity index (χ1n) is 39.9. The van der Waals surface area contributed by atoms with Crippen molar-refractivity contribution in [3.8, 4) is 0 Å². The van der Waals surface area contributed by atoms with Gasteiger partial charge in [-0.2, -0.15) is 0 Å². The van der Waals surface area contributed by atoms with Crippen molar-refractivity contribution < 1.29 is 80.2 Å². The number of carbonyl (C=O) groups is 4. The van der Waals surface area contributed by atoms with Gasteiger partial charge in [-0.1, -0.05) is 344 Å². The van der Waals surface area contributed by atoms with E-state index in [0.29, 0.717) is 25.7 Å². The average Bonchev–Trinajstić information content (AvgIpc) is 1.54. The van der Waals surface area contributed by atoms with Crippen LogP contribution in [-0.4, -0.2) is 96.7 Å². The van der Waals surface area contributed by atoms with Crippen LogP contribution in [0.2, 0.25) is 0 Å². The van der Waals surface area contributed by atoms with Gasteiger partial charge in [0.25, 0.3) is 0 Å². The van der Waals surface area contributed by atoms with Crippen LogP contribution in [-0.2, 0) is 65.4 Å². The minimum atomic E-state index is -4.96. The van der Waals surface area contributed by atoms with Crippen molar-refractivity contribution in [2.45, 2.75) is 414 Å². The Morgan fingerprint density at radius 1 is 0.302 bits per heavy atom. The van der Waals surface area contributed by atoms with E-state index in [1.807, 2.05) is 0 Å². The zero-order valence-corrected chi connectivity index (χ0v) is 64.6. The second kappa shape index (κ2) is 67.5. The van der Waals surface area contributed by atoms with Gasteiger partial charge in [0.2, 0.25) is 0 Å². The van der Waals surface area contributed by atoms with E-state index in [1.165, 1.54) is 205 Å². The number of aliphatic hydroxyl groups is 1. The first-order valence-corrected chi connectivity index (χ1v) is 42.9. The van der Waals surface area contributed by atoms with Crippen molar-refractivity contribution in [2.75, 3.05) is 39.6 Å². The van der Waals surface area contributed by atoms with E-state index >= 15 is 0 Å². The third kappa shape index (κ3) is 69.2. The lowest BCUT2D eigenvalue weighted by molar-refractivity contribution is -0.161. The minimum absolute atomic E-state index is 0.106. The molecular formula is C77H150O17P2. The van der Waals surface area contributed by atoms with Crippen molar-refractivity contribution in [1.82, 2.24) is 0 Å². The molecular weight excluding hydrogens is 1260 g/mol. The van der Waals surface area contributed by atoms with E-state index in [2.05, 4.69) is 48.5 Å². The fourth-order valence-electron chi connectivity index (χ4n) is 11.7. The maximum atomic E-state index is 13.1. The molecule has 0 saturated carbocycles. The van der Waals surface area contributed by atoms with Gasteiger partial charge in [-0.25, -0.2) is 9.13 Å². The number of hydrogen-bond acceptors (Lipinski definition) is 15. The monoisotopic (exact) mass is 1410 g/mol. The van der Waals surface area contributed by atoms with Gasteiger partial charge in [0, 0.05) is 25.7 Å². The summed E-state index contributed by atoms with van der Waals surface area (Å²) in [6, 6.07) is 0. The molecule has 0 aromatic carbocycles. The average molecular weight is 1410 g/mol. The standard InChI is InChI=1S/C77H150O17P2/c1-8-10-11-12-13-14-15-16-22-30-37-44-51-58-74(79)87-65-73(94-77(82)61-54-47-40-33-26-25-29-36-43-50-57-70(7)9-2)67-92-96(85,86)90-63-71(78)62-89-95(83,84)91-66-72(64-88-75(80)59-52-45-38-31-24-19-21-28-35-42-49-56-69(5)6)93-76(81)60-53-46-39-32-23-18-17-20-27-34-41-48-55-68(3)4/h68-73,78H,8-67H2,1-7H3,(H,83,84)(H,85,86)/t70?,71-,72-,73-/m1/s1. The van der Waals surface area contributed by atoms with Crippen LogP contribution in [0.1, 0.15) is 395 Å². The third-order valence-corrected chi connectivity index (χ3v) is 20.1. The molecule has 0 heterocycles. The largest absolute Gasteiger partial charge is 0.472 e. The highest BCUT2D eigenvalue weighted by Gasteiger charge is 2.30. The topological polar surface area (TPSA) is 237 Å². The molecule has 0 rings (SSSR count). The van der Waals surface area contributed by atoms with Crippen molar-refractivity contribution in [3.05, 3.63) is 0 Å². The number of phosphoric ester groups is 2. The molecule has 0 fully saturated rings. The molecule has 3 unspecified atom stereocenters. The Morgan fingerprint density at radius 2 is 0.531 bits per heavy atom. The third-order valence-electron chi connectivity index (χ3n) is 18.2. The maximum Gasteiger partial charge on any atom is 0.472 e. The fraction of sp³-hybridized carbons (Fsp3) is 0.948. The highest BCUT2D eigenvalue weighted by Crippen LogP contribution is 2.45. The molecule has 3 N–H and O–H groups in total. The van der Waals surface area contributed by atoms with Gasteiger partial charge in [-0.3, -0.25) is 37.3 Å². The molecule has 0 aromatic heterocycles. The van der Waals surface area contributed by atoms with E-state index in [4.69, 9.17) is 37.0 Å². The number of phosphoric acid groups is 2. The molecule has 570 valence electrons. The molecule has 0 saturated heterocycles. The quantitative estimate of drug-likeness (QED) is 0.0222. The Kier molecular flexibility index (Phi) is 66.2. The normalized spacial score (nSPS) is 14.3.